The summed E-state index contributed by atoms with van der Waals surface area (Å²) >= 11 is 9.57. The van der Waals surface area contributed by atoms with Crippen LogP contribution in [0.3, 0.4) is 0 Å². The highest BCUT2D eigenvalue weighted by molar-refractivity contribution is 9.10. The average Bonchev–Trinajstić information content (AvgIpc) is 2.43. The van der Waals surface area contributed by atoms with Crippen molar-refractivity contribution in [3.63, 3.8) is 0 Å². The minimum absolute atomic E-state index is 0.271. The van der Waals surface area contributed by atoms with E-state index in [2.05, 4.69) is 15.9 Å². The van der Waals surface area contributed by atoms with Gasteiger partial charge in [0.15, 0.2) is 0 Å². The van der Waals surface area contributed by atoms with Crippen LogP contribution in [0.4, 0.5) is 0 Å². The summed E-state index contributed by atoms with van der Waals surface area (Å²) in [6, 6.07) is 11.4. The van der Waals surface area contributed by atoms with Gasteiger partial charge in [0.1, 0.15) is 5.75 Å². The van der Waals surface area contributed by atoms with E-state index in [4.69, 9.17) is 22.1 Å². The summed E-state index contributed by atoms with van der Waals surface area (Å²) in [5.41, 5.74) is 9.50. The Morgan fingerprint density at radius 3 is 2.65 bits per heavy atom. The SMILES string of the molecule is CCOc1ccc(Br)cc1C(N)c1cc(Cl)ccc1C. The van der Waals surface area contributed by atoms with Crippen LogP contribution in [0.25, 0.3) is 0 Å². The molecule has 0 saturated heterocycles. The van der Waals surface area contributed by atoms with Crippen LogP contribution in [-0.2, 0) is 0 Å². The molecule has 0 heterocycles. The Morgan fingerprint density at radius 1 is 1.20 bits per heavy atom. The third-order valence-corrected chi connectivity index (χ3v) is 3.91. The molecule has 0 aromatic heterocycles. The van der Waals surface area contributed by atoms with Crippen LogP contribution in [0.1, 0.15) is 29.7 Å². The highest BCUT2D eigenvalue weighted by atomic mass is 79.9. The van der Waals surface area contributed by atoms with Gasteiger partial charge in [-0.15, -0.1) is 0 Å². The molecule has 2 aromatic carbocycles. The molecule has 0 aliphatic carbocycles. The van der Waals surface area contributed by atoms with Crippen LogP contribution in [0.2, 0.25) is 5.02 Å². The van der Waals surface area contributed by atoms with E-state index in [1.807, 2.05) is 50.2 Å². The molecule has 2 nitrogen and oxygen atoms in total. The van der Waals surface area contributed by atoms with E-state index in [1.165, 1.54) is 0 Å². The summed E-state index contributed by atoms with van der Waals surface area (Å²) < 4.78 is 6.65. The molecule has 0 bridgehead atoms. The lowest BCUT2D eigenvalue weighted by Gasteiger charge is -2.19. The van der Waals surface area contributed by atoms with Gasteiger partial charge in [0.2, 0.25) is 0 Å². The number of aryl methyl sites for hydroxylation is 1. The molecular weight excluding hydrogens is 338 g/mol. The van der Waals surface area contributed by atoms with Gasteiger partial charge in [-0.3, -0.25) is 0 Å². The van der Waals surface area contributed by atoms with E-state index < -0.39 is 0 Å². The summed E-state index contributed by atoms with van der Waals surface area (Å²) in [7, 11) is 0. The Morgan fingerprint density at radius 2 is 1.95 bits per heavy atom. The van der Waals surface area contributed by atoms with Gasteiger partial charge in [-0.25, -0.2) is 0 Å². The smallest absolute Gasteiger partial charge is 0.124 e. The summed E-state index contributed by atoms with van der Waals surface area (Å²) in [5.74, 6) is 0.808. The van der Waals surface area contributed by atoms with E-state index in [1.54, 1.807) is 0 Å². The van der Waals surface area contributed by atoms with Crippen LogP contribution in [0, 0.1) is 6.92 Å². The Balaban J connectivity index is 2.49. The standard InChI is InChI=1S/C16H17BrClNO/c1-3-20-15-7-5-11(17)8-14(15)16(19)13-9-12(18)6-4-10(13)2/h4-9,16H,3,19H2,1-2H3. The van der Waals surface area contributed by atoms with Crippen molar-refractivity contribution in [2.75, 3.05) is 6.61 Å². The molecule has 0 aliphatic rings. The first-order chi connectivity index (χ1) is 9.52. The zero-order chi connectivity index (χ0) is 14.7. The molecule has 0 amide bonds. The molecule has 0 spiro atoms. The second-order valence-corrected chi connectivity index (χ2v) is 5.95. The van der Waals surface area contributed by atoms with Gasteiger partial charge in [-0.05, 0) is 55.3 Å². The van der Waals surface area contributed by atoms with Gasteiger partial charge in [-0.2, -0.15) is 0 Å². The number of nitrogens with two attached hydrogens (primary N) is 1. The number of ether oxygens (including phenoxy) is 1. The molecule has 2 N–H and O–H groups in total. The first-order valence-electron chi connectivity index (χ1n) is 6.46. The second kappa shape index (κ2) is 6.61. The highest BCUT2D eigenvalue weighted by Crippen LogP contribution is 2.33. The molecule has 106 valence electrons. The number of halogens is 2. The van der Waals surface area contributed by atoms with E-state index >= 15 is 0 Å². The fraction of sp³-hybridized carbons (Fsp3) is 0.250. The maximum absolute atomic E-state index is 6.43. The lowest BCUT2D eigenvalue weighted by Crippen LogP contribution is -2.15. The molecule has 0 saturated carbocycles. The summed E-state index contributed by atoms with van der Waals surface area (Å²) in [4.78, 5) is 0. The summed E-state index contributed by atoms with van der Waals surface area (Å²) in [6.45, 7) is 4.60. The van der Waals surface area contributed by atoms with Crippen molar-refractivity contribution in [3.8, 4) is 5.75 Å². The summed E-state index contributed by atoms with van der Waals surface area (Å²) in [5, 5.41) is 0.689. The first-order valence-corrected chi connectivity index (χ1v) is 7.64. The highest BCUT2D eigenvalue weighted by Gasteiger charge is 2.17. The largest absolute Gasteiger partial charge is 0.494 e. The number of hydrogen-bond donors (Lipinski definition) is 1. The van der Waals surface area contributed by atoms with Crippen molar-refractivity contribution in [3.05, 3.63) is 62.6 Å². The van der Waals surface area contributed by atoms with Gasteiger partial charge in [-0.1, -0.05) is 33.6 Å². The van der Waals surface area contributed by atoms with Gasteiger partial charge in [0, 0.05) is 15.1 Å². The molecule has 20 heavy (non-hydrogen) atoms. The second-order valence-electron chi connectivity index (χ2n) is 4.59. The van der Waals surface area contributed by atoms with Gasteiger partial charge >= 0.3 is 0 Å². The topological polar surface area (TPSA) is 35.2 Å². The van der Waals surface area contributed by atoms with Gasteiger partial charge < -0.3 is 10.5 Å². The molecule has 2 aromatic rings. The van der Waals surface area contributed by atoms with Gasteiger partial charge in [0.25, 0.3) is 0 Å². The third kappa shape index (κ3) is 3.35. The van der Waals surface area contributed by atoms with Gasteiger partial charge in [0.05, 0.1) is 12.6 Å². The zero-order valence-corrected chi connectivity index (χ0v) is 13.8. The zero-order valence-electron chi connectivity index (χ0n) is 11.5. The molecule has 2 rings (SSSR count). The first kappa shape index (κ1) is 15.4. The maximum Gasteiger partial charge on any atom is 0.124 e. The molecule has 1 atom stereocenters. The predicted molar refractivity (Wildman–Crippen MR) is 87.5 cm³/mol. The molecule has 4 heteroatoms. The monoisotopic (exact) mass is 353 g/mol. The number of benzene rings is 2. The van der Waals surface area contributed by atoms with Crippen molar-refractivity contribution in [2.45, 2.75) is 19.9 Å². The Bertz CT molecular complexity index is 615. The van der Waals surface area contributed by atoms with Crippen molar-refractivity contribution in [1.82, 2.24) is 0 Å². The molecule has 0 fully saturated rings. The molecular formula is C16H17BrClNO. The predicted octanol–water partition coefficient (Wildman–Crippen LogP) is 4.86. The lowest BCUT2D eigenvalue weighted by atomic mass is 9.95. The molecule has 1 unspecified atom stereocenters. The van der Waals surface area contributed by atoms with E-state index in [0.29, 0.717) is 11.6 Å². The third-order valence-electron chi connectivity index (χ3n) is 3.18. The van der Waals surface area contributed by atoms with Crippen LogP contribution in [0.15, 0.2) is 40.9 Å². The van der Waals surface area contributed by atoms with E-state index in [0.717, 1.165) is 26.9 Å². The number of rotatable bonds is 4. The quantitative estimate of drug-likeness (QED) is 0.851. The van der Waals surface area contributed by atoms with Crippen molar-refractivity contribution in [2.24, 2.45) is 5.73 Å². The fourth-order valence-electron chi connectivity index (χ4n) is 2.16. The molecule has 0 radical (unpaired) electrons. The van der Waals surface area contributed by atoms with Crippen molar-refractivity contribution >= 4 is 27.5 Å². The minimum atomic E-state index is -0.271. The van der Waals surface area contributed by atoms with Crippen LogP contribution in [0.5, 0.6) is 5.75 Å². The number of hydrogen-bond acceptors (Lipinski definition) is 2. The van der Waals surface area contributed by atoms with E-state index in [-0.39, 0.29) is 6.04 Å². The molecule has 0 aliphatic heterocycles. The van der Waals surface area contributed by atoms with Crippen LogP contribution < -0.4 is 10.5 Å². The lowest BCUT2D eigenvalue weighted by molar-refractivity contribution is 0.335. The Kier molecular flexibility index (Phi) is 5.08. The maximum atomic E-state index is 6.43. The Labute approximate surface area is 133 Å². The Hall–Kier alpha value is -1.03. The van der Waals surface area contributed by atoms with Crippen LogP contribution in [-0.4, -0.2) is 6.61 Å². The van der Waals surface area contributed by atoms with Crippen molar-refractivity contribution in [1.29, 1.82) is 0 Å². The van der Waals surface area contributed by atoms with Crippen molar-refractivity contribution < 1.29 is 4.74 Å². The van der Waals surface area contributed by atoms with E-state index in [9.17, 15) is 0 Å². The van der Waals surface area contributed by atoms with Crippen LogP contribution >= 0.6 is 27.5 Å². The minimum Gasteiger partial charge on any atom is -0.494 e. The fourth-order valence-corrected chi connectivity index (χ4v) is 2.72. The normalized spacial score (nSPS) is 12.2. The average molecular weight is 355 g/mol. The summed E-state index contributed by atoms with van der Waals surface area (Å²) in [6.07, 6.45) is 0.